The molecule has 0 saturated carbocycles. The second-order valence-corrected chi connectivity index (χ2v) is 5.80. The van der Waals surface area contributed by atoms with Crippen molar-refractivity contribution >= 4 is 32.9 Å². The third kappa shape index (κ3) is 2.97. The van der Waals surface area contributed by atoms with Gasteiger partial charge in [0.15, 0.2) is 0 Å². The fourth-order valence-electron chi connectivity index (χ4n) is 2.22. The zero-order valence-electron chi connectivity index (χ0n) is 11.4. The molecule has 2 N–H and O–H groups in total. The van der Waals surface area contributed by atoms with Crippen molar-refractivity contribution in [3.63, 3.8) is 0 Å². The Morgan fingerprint density at radius 3 is 2.95 bits per heavy atom. The van der Waals surface area contributed by atoms with Gasteiger partial charge < -0.3 is 10.3 Å². The van der Waals surface area contributed by atoms with Crippen molar-refractivity contribution < 1.29 is 4.79 Å². The van der Waals surface area contributed by atoms with E-state index in [1.807, 2.05) is 43.3 Å². The van der Waals surface area contributed by atoms with E-state index in [0.717, 1.165) is 21.1 Å². The number of hydrogen-bond donors (Lipinski definition) is 2. The molecule has 21 heavy (non-hydrogen) atoms. The first-order chi connectivity index (χ1) is 10.1. The van der Waals surface area contributed by atoms with Crippen molar-refractivity contribution in [3.8, 4) is 0 Å². The lowest BCUT2D eigenvalue weighted by Crippen LogP contribution is -2.26. The van der Waals surface area contributed by atoms with Crippen molar-refractivity contribution in [3.05, 3.63) is 64.4 Å². The molecule has 1 aromatic heterocycles. The number of hydrogen-bond acceptors (Lipinski definition) is 2. The van der Waals surface area contributed by atoms with E-state index in [0.29, 0.717) is 5.56 Å². The second kappa shape index (κ2) is 5.69. The van der Waals surface area contributed by atoms with Gasteiger partial charge in [0.05, 0.1) is 23.4 Å². The predicted octanol–water partition coefficient (Wildman–Crippen LogP) is 3.82. The average Bonchev–Trinajstić information content (AvgIpc) is 2.94. The highest BCUT2D eigenvalue weighted by molar-refractivity contribution is 9.10. The summed E-state index contributed by atoms with van der Waals surface area (Å²) in [4.78, 5) is 19.5. The van der Waals surface area contributed by atoms with E-state index in [1.165, 1.54) is 0 Å². The third-order valence-electron chi connectivity index (χ3n) is 3.38. The van der Waals surface area contributed by atoms with Crippen LogP contribution in [-0.4, -0.2) is 15.9 Å². The van der Waals surface area contributed by atoms with Crippen LogP contribution in [0.1, 0.15) is 28.9 Å². The van der Waals surface area contributed by atoms with Gasteiger partial charge in [0, 0.05) is 10.0 Å². The van der Waals surface area contributed by atoms with Gasteiger partial charge in [-0.25, -0.2) is 4.98 Å². The van der Waals surface area contributed by atoms with Crippen molar-refractivity contribution in [2.75, 3.05) is 0 Å². The fraction of sp³-hybridized carbons (Fsp3) is 0.125. The number of aromatic amines is 1. The van der Waals surface area contributed by atoms with Gasteiger partial charge in [-0.2, -0.15) is 0 Å². The standard InChI is InChI=1S/C16H14BrN3O/c1-10(11-3-2-4-13(17)7-11)20-16(21)12-5-6-14-15(8-12)19-9-18-14/h2-10H,1H3,(H,18,19)(H,20,21). The molecule has 5 heteroatoms. The van der Waals surface area contributed by atoms with Crippen LogP contribution < -0.4 is 5.32 Å². The second-order valence-electron chi connectivity index (χ2n) is 4.88. The quantitative estimate of drug-likeness (QED) is 0.759. The molecule has 0 saturated heterocycles. The molecule has 1 amide bonds. The predicted molar refractivity (Wildman–Crippen MR) is 86.1 cm³/mol. The summed E-state index contributed by atoms with van der Waals surface area (Å²) < 4.78 is 1.000. The zero-order valence-corrected chi connectivity index (χ0v) is 13.0. The summed E-state index contributed by atoms with van der Waals surface area (Å²) in [5, 5.41) is 3.00. The first-order valence-corrected chi connectivity index (χ1v) is 7.42. The summed E-state index contributed by atoms with van der Waals surface area (Å²) in [6, 6.07) is 13.3. The highest BCUT2D eigenvalue weighted by atomic mass is 79.9. The lowest BCUT2D eigenvalue weighted by Gasteiger charge is -2.14. The molecule has 106 valence electrons. The molecule has 3 aromatic rings. The number of nitrogens with zero attached hydrogens (tertiary/aromatic N) is 1. The third-order valence-corrected chi connectivity index (χ3v) is 3.87. The summed E-state index contributed by atoms with van der Waals surface area (Å²) >= 11 is 3.44. The zero-order chi connectivity index (χ0) is 14.8. The monoisotopic (exact) mass is 343 g/mol. The highest BCUT2D eigenvalue weighted by Crippen LogP contribution is 2.19. The number of carbonyl (C=O) groups excluding carboxylic acids is 1. The normalized spacial score (nSPS) is 12.3. The minimum atomic E-state index is -0.0982. The Morgan fingerprint density at radius 1 is 1.29 bits per heavy atom. The molecule has 0 aliphatic carbocycles. The number of imidazole rings is 1. The number of fused-ring (bicyclic) bond motifs is 1. The van der Waals surface area contributed by atoms with Gasteiger partial charge in [-0.15, -0.1) is 0 Å². The van der Waals surface area contributed by atoms with E-state index in [1.54, 1.807) is 12.4 Å². The van der Waals surface area contributed by atoms with Crippen LogP contribution in [0.15, 0.2) is 53.3 Å². The number of aromatic nitrogens is 2. The Labute approximate surface area is 130 Å². The smallest absolute Gasteiger partial charge is 0.251 e. The van der Waals surface area contributed by atoms with Gasteiger partial charge in [-0.1, -0.05) is 28.1 Å². The van der Waals surface area contributed by atoms with Crippen LogP contribution in [0.25, 0.3) is 11.0 Å². The van der Waals surface area contributed by atoms with Crippen LogP contribution in [-0.2, 0) is 0 Å². The first kappa shape index (κ1) is 13.8. The first-order valence-electron chi connectivity index (χ1n) is 6.63. The van der Waals surface area contributed by atoms with Crippen LogP contribution >= 0.6 is 15.9 Å². The van der Waals surface area contributed by atoms with Crippen LogP contribution in [0.3, 0.4) is 0 Å². The number of halogens is 1. The van der Waals surface area contributed by atoms with E-state index in [-0.39, 0.29) is 11.9 Å². The average molecular weight is 344 g/mol. The fourth-order valence-corrected chi connectivity index (χ4v) is 2.63. The molecular formula is C16H14BrN3O. The Kier molecular flexibility index (Phi) is 3.75. The maximum absolute atomic E-state index is 12.3. The van der Waals surface area contributed by atoms with Crippen molar-refractivity contribution in [1.29, 1.82) is 0 Å². The molecule has 3 rings (SSSR count). The molecule has 0 fully saturated rings. The van der Waals surface area contributed by atoms with Gasteiger partial charge in [0.2, 0.25) is 0 Å². The largest absolute Gasteiger partial charge is 0.346 e. The minimum absolute atomic E-state index is 0.0625. The maximum atomic E-state index is 12.3. The molecule has 4 nitrogen and oxygen atoms in total. The topological polar surface area (TPSA) is 57.8 Å². The van der Waals surface area contributed by atoms with Crippen molar-refractivity contribution in [2.24, 2.45) is 0 Å². The van der Waals surface area contributed by atoms with Gasteiger partial charge in [0.25, 0.3) is 5.91 Å². The number of H-pyrrole nitrogens is 1. The minimum Gasteiger partial charge on any atom is -0.346 e. The number of benzene rings is 2. The molecule has 0 spiro atoms. The summed E-state index contributed by atoms with van der Waals surface area (Å²) in [5.41, 5.74) is 3.39. The van der Waals surface area contributed by atoms with E-state index < -0.39 is 0 Å². The van der Waals surface area contributed by atoms with Crippen LogP contribution in [0.5, 0.6) is 0 Å². The summed E-state index contributed by atoms with van der Waals surface area (Å²) in [5.74, 6) is -0.0982. The lowest BCUT2D eigenvalue weighted by molar-refractivity contribution is 0.0940. The molecule has 0 radical (unpaired) electrons. The molecule has 1 heterocycles. The SMILES string of the molecule is CC(NC(=O)c1ccc2nc[nH]c2c1)c1cccc(Br)c1. The summed E-state index contributed by atoms with van der Waals surface area (Å²) in [6.45, 7) is 1.97. The summed E-state index contributed by atoms with van der Waals surface area (Å²) in [6.07, 6.45) is 1.62. The van der Waals surface area contributed by atoms with E-state index in [4.69, 9.17) is 0 Å². The molecule has 0 bridgehead atoms. The number of rotatable bonds is 3. The van der Waals surface area contributed by atoms with Crippen molar-refractivity contribution in [2.45, 2.75) is 13.0 Å². The van der Waals surface area contributed by atoms with Gasteiger partial charge in [-0.05, 0) is 42.8 Å². The van der Waals surface area contributed by atoms with Gasteiger partial charge >= 0.3 is 0 Å². The number of amides is 1. The van der Waals surface area contributed by atoms with Crippen LogP contribution in [0.4, 0.5) is 0 Å². The van der Waals surface area contributed by atoms with Crippen LogP contribution in [0, 0.1) is 0 Å². The Bertz CT molecular complexity index is 797. The molecule has 1 atom stereocenters. The van der Waals surface area contributed by atoms with Gasteiger partial charge in [-0.3, -0.25) is 4.79 Å². The molecule has 0 aliphatic heterocycles. The van der Waals surface area contributed by atoms with E-state index >= 15 is 0 Å². The number of nitrogens with one attached hydrogen (secondary N) is 2. The maximum Gasteiger partial charge on any atom is 0.251 e. The molecule has 2 aromatic carbocycles. The molecular weight excluding hydrogens is 330 g/mol. The number of carbonyl (C=O) groups is 1. The Balaban J connectivity index is 1.79. The summed E-state index contributed by atoms with van der Waals surface area (Å²) in [7, 11) is 0. The van der Waals surface area contributed by atoms with E-state index in [2.05, 4.69) is 31.2 Å². The molecule has 1 unspecified atom stereocenters. The molecule has 0 aliphatic rings. The highest BCUT2D eigenvalue weighted by Gasteiger charge is 2.12. The lowest BCUT2D eigenvalue weighted by atomic mass is 10.1. The van der Waals surface area contributed by atoms with E-state index in [9.17, 15) is 4.79 Å². The Hall–Kier alpha value is -2.14. The van der Waals surface area contributed by atoms with Gasteiger partial charge in [0.1, 0.15) is 0 Å². The Morgan fingerprint density at radius 2 is 2.14 bits per heavy atom. The van der Waals surface area contributed by atoms with Crippen LogP contribution in [0.2, 0.25) is 0 Å². The van der Waals surface area contributed by atoms with Crippen molar-refractivity contribution in [1.82, 2.24) is 15.3 Å².